The van der Waals surface area contributed by atoms with E-state index in [0.29, 0.717) is 0 Å². The van der Waals surface area contributed by atoms with E-state index in [1.165, 1.54) is 0 Å². The smallest absolute Gasteiger partial charge is 0.400 e. The summed E-state index contributed by atoms with van der Waals surface area (Å²) < 4.78 is 13.1. The van der Waals surface area contributed by atoms with Gasteiger partial charge in [-0.2, -0.15) is 0 Å². The minimum Gasteiger partial charge on any atom is -0.400 e. The van der Waals surface area contributed by atoms with E-state index >= 15 is 0 Å². The molecule has 0 N–H and O–H groups in total. The van der Waals surface area contributed by atoms with E-state index in [1.54, 1.807) is 0 Å². The Morgan fingerprint density at radius 2 is 1.63 bits per heavy atom. The van der Waals surface area contributed by atoms with Crippen molar-refractivity contribution in [1.82, 2.24) is 0 Å². The van der Waals surface area contributed by atoms with Crippen molar-refractivity contribution in [1.29, 1.82) is 0 Å². The molecule has 0 aromatic heterocycles. The molecule has 1 fully saturated rings. The van der Waals surface area contributed by atoms with Crippen LogP contribution in [-0.4, -0.2) is 18.3 Å². The molecule has 0 bridgehead atoms. The second-order valence-electron chi connectivity index (χ2n) is 6.00. The molecule has 4 heteroatoms. The second kappa shape index (κ2) is 5.08. The predicted molar refractivity (Wildman–Crippen MR) is 83.9 cm³/mol. The van der Waals surface area contributed by atoms with Gasteiger partial charge in [0.1, 0.15) is 0 Å². The summed E-state index contributed by atoms with van der Waals surface area (Å²) in [6.45, 7) is 10.3. The Balaban J connectivity index is 2.23. The standard InChI is InChI=1S/C15H20BBrO2/c1-11(10-12-8-6-7-9-13(12)17)16-18-14(2,3)15(4,5)19-16/h6-10H,1-5H3/b11-10+. The molecule has 0 unspecified atom stereocenters. The summed E-state index contributed by atoms with van der Waals surface area (Å²) in [7, 11) is -0.280. The topological polar surface area (TPSA) is 18.5 Å². The van der Waals surface area contributed by atoms with Crippen molar-refractivity contribution in [2.45, 2.75) is 45.8 Å². The Kier molecular flexibility index (Phi) is 3.96. The van der Waals surface area contributed by atoms with Gasteiger partial charge < -0.3 is 9.31 Å². The van der Waals surface area contributed by atoms with E-state index in [1.807, 2.05) is 25.1 Å². The summed E-state index contributed by atoms with van der Waals surface area (Å²) >= 11 is 3.55. The summed E-state index contributed by atoms with van der Waals surface area (Å²) in [5.41, 5.74) is 1.63. The third kappa shape index (κ3) is 2.96. The molecule has 1 saturated heterocycles. The van der Waals surface area contributed by atoms with Crippen LogP contribution in [0.5, 0.6) is 0 Å². The zero-order valence-corrected chi connectivity index (χ0v) is 13.7. The fourth-order valence-electron chi connectivity index (χ4n) is 1.93. The third-order valence-electron chi connectivity index (χ3n) is 3.91. The molecule has 2 nitrogen and oxygen atoms in total. The summed E-state index contributed by atoms with van der Waals surface area (Å²) in [6.07, 6.45) is 2.10. The van der Waals surface area contributed by atoms with E-state index in [0.717, 1.165) is 15.5 Å². The maximum atomic E-state index is 6.03. The quantitative estimate of drug-likeness (QED) is 0.747. The van der Waals surface area contributed by atoms with E-state index in [-0.39, 0.29) is 18.3 Å². The predicted octanol–water partition coefficient (Wildman–Crippen LogP) is 4.48. The molecule has 1 aromatic carbocycles. The molecule has 0 aliphatic carbocycles. The summed E-state index contributed by atoms with van der Waals surface area (Å²) in [5, 5.41) is 0. The molecule has 0 spiro atoms. The fraction of sp³-hybridized carbons (Fsp3) is 0.467. The van der Waals surface area contributed by atoms with Crippen LogP contribution in [0.1, 0.15) is 40.2 Å². The van der Waals surface area contributed by atoms with Crippen molar-refractivity contribution in [3.63, 3.8) is 0 Å². The van der Waals surface area contributed by atoms with Crippen LogP contribution in [0.15, 0.2) is 34.2 Å². The second-order valence-corrected chi connectivity index (χ2v) is 6.85. The van der Waals surface area contributed by atoms with Gasteiger partial charge in [0.25, 0.3) is 0 Å². The highest BCUT2D eigenvalue weighted by atomic mass is 79.9. The molecule has 102 valence electrons. The fourth-order valence-corrected chi connectivity index (χ4v) is 2.33. The molecule has 1 heterocycles. The molecule has 1 aromatic rings. The van der Waals surface area contributed by atoms with Crippen molar-refractivity contribution in [3.05, 3.63) is 39.8 Å². The Morgan fingerprint density at radius 1 is 1.11 bits per heavy atom. The first-order valence-electron chi connectivity index (χ1n) is 6.51. The average molecular weight is 323 g/mol. The third-order valence-corrected chi connectivity index (χ3v) is 4.64. The number of hydrogen-bond acceptors (Lipinski definition) is 2. The van der Waals surface area contributed by atoms with Crippen molar-refractivity contribution in [3.8, 4) is 0 Å². The lowest BCUT2D eigenvalue weighted by molar-refractivity contribution is 0.00578. The largest absolute Gasteiger partial charge is 0.490 e. The first-order chi connectivity index (χ1) is 8.73. The minimum absolute atomic E-state index is 0.280. The highest BCUT2D eigenvalue weighted by Gasteiger charge is 2.51. The maximum absolute atomic E-state index is 6.03. The minimum atomic E-state index is -0.291. The van der Waals surface area contributed by atoms with E-state index in [4.69, 9.17) is 9.31 Å². The number of benzene rings is 1. The lowest BCUT2D eigenvalue weighted by Crippen LogP contribution is -2.41. The van der Waals surface area contributed by atoms with Crippen LogP contribution in [0.25, 0.3) is 6.08 Å². The highest BCUT2D eigenvalue weighted by Crippen LogP contribution is 2.38. The zero-order valence-electron chi connectivity index (χ0n) is 12.2. The molecule has 1 aliphatic rings. The average Bonchev–Trinajstić information content (AvgIpc) is 2.51. The number of rotatable bonds is 2. The SMILES string of the molecule is C/C(=C\c1ccccc1Br)B1OC(C)(C)C(C)(C)O1. The van der Waals surface area contributed by atoms with Gasteiger partial charge in [-0.3, -0.25) is 0 Å². The monoisotopic (exact) mass is 322 g/mol. The first-order valence-corrected chi connectivity index (χ1v) is 7.31. The van der Waals surface area contributed by atoms with Crippen molar-refractivity contribution in [2.75, 3.05) is 0 Å². The van der Waals surface area contributed by atoms with E-state index in [2.05, 4.69) is 55.8 Å². The van der Waals surface area contributed by atoms with Gasteiger partial charge in [-0.15, -0.1) is 0 Å². The molecule has 0 saturated carbocycles. The van der Waals surface area contributed by atoms with Crippen LogP contribution in [0.2, 0.25) is 0 Å². The summed E-state index contributed by atoms with van der Waals surface area (Å²) in [6, 6.07) is 8.13. The first kappa shape index (κ1) is 14.8. The number of hydrogen-bond donors (Lipinski definition) is 0. The molecular weight excluding hydrogens is 303 g/mol. The van der Waals surface area contributed by atoms with Gasteiger partial charge in [0.2, 0.25) is 0 Å². The van der Waals surface area contributed by atoms with Crippen molar-refractivity contribution in [2.24, 2.45) is 0 Å². The maximum Gasteiger partial charge on any atom is 0.490 e. The number of halogens is 1. The number of allylic oxidation sites excluding steroid dienone is 1. The van der Waals surface area contributed by atoms with Gasteiger partial charge in [0.15, 0.2) is 0 Å². The van der Waals surface area contributed by atoms with E-state index < -0.39 is 0 Å². The molecule has 1 aliphatic heterocycles. The lowest BCUT2D eigenvalue weighted by Gasteiger charge is -2.32. The molecule has 0 atom stereocenters. The van der Waals surface area contributed by atoms with Crippen LogP contribution >= 0.6 is 15.9 Å². The molecule has 2 rings (SSSR count). The van der Waals surface area contributed by atoms with Gasteiger partial charge in [0, 0.05) is 4.47 Å². The Bertz CT molecular complexity index is 493. The Hall–Kier alpha value is -0.575. The van der Waals surface area contributed by atoms with Gasteiger partial charge >= 0.3 is 7.12 Å². The zero-order chi connectivity index (χ0) is 14.3. The molecule has 0 radical (unpaired) electrons. The lowest BCUT2D eigenvalue weighted by atomic mass is 9.78. The van der Waals surface area contributed by atoms with E-state index in [9.17, 15) is 0 Å². The summed E-state index contributed by atoms with van der Waals surface area (Å²) in [5.74, 6) is 0. The van der Waals surface area contributed by atoms with Crippen molar-refractivity contribution < 1.29 is 9.31 Å². The normalized spacial score (nSPS) is 21.8. The van der Waals surface area contributed by atoms with Gasteiger partial charge in [-0.1, -0.05) is 40.2 Å². The Labute approximate surface area is 124 Å². The van der Waals surface area contributed by atoms with Gasteiger partial charge in [-0.05, 0) is 51.7 Å². The molecule has 19 heavy (non-hydrogen) atoms. The van der Waals surface area contributed by atoms with Crippen LogP contribution in [0.3, 0.4) is 0 Å². The summed E-state index contributed by atoms with van der Waals surface area (Å²) in [4.78, 5) is 0. The highest BCUT2D eigenvalue weighted by molar-refractivity contribution is 9.10. The van der Waals surface area contributed by atoms with Crippen LogP contribution < -0.4 is 0 Å². The van der Waals surface area contributed by atoms with Crippen molar-refractivity contribution >= 4 is 29.1 Å². The molecular formula is C15H20BBrO2. The van der Waals surface area contributed by atoms with Gasteiger partial charge in [-0.25, -0.2) is 0 Å². The molecule has 0 amide bonds. The van der Waals surface area contributed by atoms with Crippen LogP contribution in [0, 0.1) is 0 Å². The van der Waals surface area contributed by atoms with Crippen LogP contribution in [0.4, 0.5) is 0 Å². The Morgan fingerprint density at radius 3 is 2.16 bits per heavy atom. The van der Waals surface area contributed by atoms with Gasteiger partial charge in [0.05, 0.1) is 11.2 Å². The van der Waals surface area contributed by atoms with Crippen LogP contribution in [-0.2, 0) is 9.31 Å².